The standard InChI is InChI=1S/C21H24ClFN2O2/c1-3-4-20(26)25(14-17-7-11-19(23)12-8-17)15(2)21(27)24-13-16-5-9-18(22)10-6-16/h5-12,15H,3-4,13-14H2,1-2H3,(H,24,27)/t15-/m0/s1. The monoisotopic (exact) mass is 390 g/mol. The second-order valence-electron chi connectivity index (χ2n) is 6.42. The van der Waals surface area contributed by atoms with Gasteiger partial charge in [-0.25, -0.2) is 4.39 Å². The average Bonchev–Trinajstić information content (AvgIpc) is 2.66. The van der Waals surface area contributed by atoms with E-state index in [1.54, 1.807) is 31.2 Å². The van der Waals surface area contributed by atoms with Gasteiger partial charge in [-0.3, -0.25) is 9.59 Å². The Bertz CT molecular complexity index is 763. The summed E-state index contributed by atoms with van der Waals surface area (Å²) in [7, 11) is 0. The van der Waals surface area contributed by atoms with Gasteiger partial charge in [0, 0.05) is 24.5 Å². The molecule has 2 amide bonds. The molecular formula is C21H24ClFN2O2. The molecule has 0 bridgehead atoms. The molecule has 0 aliphatic heterocycles. The summed E-state index contributed by atoms with van der Waals surface area (Å²) in [6.45, 7) is 4.23. The molecule has 2 aromatic carbocycles. The van der Waals surface area contributed by atoms with Crippen LogP contribution >= 0.6 is 11.6 Å². The summed E-state index contributed by atoms with van der Waals surface area (Å²) in [4.78, 5) is 26.7. The summed E-state index contributed by atoms with van der Waals surface area (Å²) in [5.74, 6) is -0.675. The third-order valence-electron chi connectivity index (χ3n) is 4.28. The highest BCUT2D eigenvalue weighted by molar-refractivity contribution is 6.30. The highest BCUT2D eigenvalue weighted by Gasteiger charge is 2.25. The minimum Gasteiger partial charge on any atom is -0.350 e. The lowest BCUT2D eigenvalue weighted by molar-refractivity contribution is -0.140. The Labute approximate surface area is 164 Å². The largest absolute Gasteiger partial charge is 0.350 e. The molecule has 0 spiro atoms. The van der Waals surface area contributed by atoms with Crippen LogP contribution in [0.15, 0.2) is 48.5 Å². The van der Waals surface area contributed by atoms with Gasteiger partial charge >= 0.3 is 0 Å². The Morgan fingerprint density at radius 1 is 1.07 bits per heavy atom. The molecular weight excluding hydrogens is 367 g/mol. The number of hydrogen-bond acceptors (Lipinski definition) is 2. The fourth-order valence-corrected chi connectivity index (χ4v) is 2.79. The number of carbonyl (C=O) groups excluding carboxylic acids is 2. The summed E-state index contributed by atoms with van der Waals surface area (Å²) >= 11 is 5.86. The molecule has 27 heavy (non-hydrogen) atoms. The van der Waals surface area contributed by atoms with Gasteiger partial charge < -0.3 is 10.2 Å². The summed E-state index contributed by atoms with van der Waals surface area (Å²) in [5, 5.41) is 3.49. The van der Waals surface area contributed by atoms with Gasteiger partial charge in [0.15, 0.2) is 0 Å². The van der Waals surface area contributed by atoms with Crippen molar-refractivity contribution in [2.75, 3.05) is 0 Å². The lowest BCUT2D eigenvalue weighted by Gasteiger charge is -2.28. The molecule has 0 fully saturated rings. The van der Waals surface area contributed by atoms with Crippen molar-refractivity contribution in [3.8, 4) is 0 Å². The molecule has 0 saturated heterocycles. The zero-order chi connectivity index (χ0) is 19.8. The van der Waals surface area contributed by atoms with Gasteiger partial charge in [-0.15, -0.1) is 0 Å². The minimum atomic E-state index is -0.638. The molecule has 0 aromatic heterocycles. The van der Waals surface area contributed by atoms with E-state index in [0.717, 1.165) is 11.1 Å². The molecule has 144 valence electrons. The van der Waals surface area contributed by atoms with Crippen LogP contribution in [0.5, 0.6) is 0 Å². The van der Waals surface area contributed by atoms with E-state index in [2.05, 4.69) is 5.32 Å². The maximum atomic E-state index is 13.1. The van der Waals surface area contributed by atoms with Gasteiger partial charge in [0.1, 0.15) is 11.9 Å². The van der Waals surface area contributed by atoms with Gasteiger partial charge in [-0.05, 0) is 48.7 Å². The number of amides is 2. The van der Waals surface area contributed by atoms with E-state index in [0.29, 0.717) is 24.4 Å². The molecule has 0 heterocycles. The Morgan fingerprint density at radius 2 is 1.67 bits per heavy atom. The molecule has 6 heteroatoms. The molecule has 4 nitrogen and oxygen atoms in total. The molecule has 0 radical (unpaired) electrons. The number of halogens is 2. The Morgan fingerprint density at radius 3 is 2.26 bits per heavy atom. The SMILES string of the molecule is CCCC(=O)N(Cc1ccc(F)cc1)[C@@H](C)C(=O)NCc1ccc(Cl)cc1. The van der Waals surface area contributed by atoms with Crippen LogP contribution in [0.2, 0.25) is 5.02 Å². The lowest BCUT2D eigenvalue weighted by atomic mass is 10.1. The van der Waals surface area contributed by atoms with Crippen molar-refractivity contribution in [2.45, 2.75) is 45.8 Å². The van der Waals surface area contributed by atoms with Crippen molar-refractivity contribution >= 4 is 23.4 Å². The fourth-order valence-electron chi connectivity index (χ4n) is 2.67. The smallest absolute Gasteiger partial charge is 0.242 e. The predicted molar refractivity (Wildman–Crippen MR) is 105 cm³/mol. The van der Waals surface area contributed by atoms with Crippen molar-refractivity contribution in [3.63, 3.8) is 0 Å². The number of hydrogen-bond donors (Lipinski definition) is 1. The predicted octanol–water partition coefficient (Wildman–Crippen LogP) is 4.31. The van der Waals surface area contributed by atoms with Gasteiger partial charge in [-0.1, -0.05) is 42.8 Å². The Balaban J connectivity index is 2.05. The first-order chi connectivity index (χ1) is 12.9. The third-order valence-corrected chi connectivity index (χ3v) is 4.53. The summed E-state index contributed by atoms with van der Waals surface area (Å²) in [6.07, 6.45) is 1.05. The van der Waals surface area contributed by atoms with Gasteiger partial charge in [0.2, 0.25) is 11.8 Å². The van der Waals surface area contributed by atoms with Crippen LogP contribution in [-0.2, 0) is 22.7 Å². The molecule has 2 rings (SSSR count). The molecule has 0 aliphatic rings. The molecule has 1 N–H and O–H groups in total. The van der Waals surface area contributed by atoms with E-state index in [9.17, 15) is 14.0 Å². The fraction of sp³-hybridized carbons (Fsp3) is 0.333. The second-order valence-corrected chi connectivity index (χ2v) is 6.85. The van der Waals surface area contributed by atoms with Crippen molar-refractivity contribution in [2.24, 2.45) is 0 Å². The van der Waals surface area contributed by atoms with E-state index in [4.69, 9.17) is 11.6 Å². The van der Waals surface area contributed by atoms with E-state index in [-0.39, 0.29) is 24.2 Å². The first-order valence-corrected chi connectivity index (χ1v) is 9.34. The number of benzene rings is 2. The molecule has 2 aromatic rings. The third kappa shape index (κ3) is 6.36. The minimum absolute atomic E-state index is 0.101. The summed E-state index contributed by atoms with van der Waals surface area (Å²) in [6, 6.07) is 12.5. The van der Waals surface area contributed by atoms with Gasteiger partial charge in [-0.2, -0.15) is 0 Å². The molecule has 0 aliphatic carbocycles. The van der Waals surface area contributed by atoms with Crippen molar-refractivity contribution < 1.29 is 14.0 Å². The quantitative estimate of drug-likeness (QED) is 0.730. The van der Waals surface area contributed by atoms with Crippen LogP contribution in [0.3, 0.4) is 0 Å². The normalized spacial score (nSPS) is 11.7. The van der Waals surface area contributed by atoms with E-state index >= 15 is 0 Å². The van der Waals surface area contributed by atoms with Gasteiger partial charge in [0.25, 0.3) is 0 Å². The summed E-state index contributed by atoms with van der Waals surface area (Å²) < 4.78 is 13.1. The van der Waals surface area contributed by atoms with Crippen LogP contribution in [0.4, 0.5) is 4.39 Å². The first-order valence-electron chi connectivity index (χ1n) is 8.96. The zero-order valence-electron chi connectivity index (χ0n) is 15.5. The van der Waals surface area contributed by atoms with Crippen molar-refractivity contribution in [1.29, 1.82) is 0 Å². The van der Waals surface area contributed by atoms with Gasteiger partial charge in [0.05, 0.1) is 0 Å². The molecule has 0 unspecified atom stereocenters. The van der Waals surface area contributed by atoms with E-state index in [1.165, 1.54) is 17.0 Å². The van der Waals surface area contributed by atoms with Crippen molar-refractivity contribution in [1.82, 2.24) is 10.2 Å². The topological polar surface area (TPSA) is 49.4 Å². The van der Waals surface area contributed by atoms with Crippen LogP contribution in [-0.4, -0.2) is 22.8 Å². The number of nitrogens with zero attached hydrogens (tertiary/aromatic N) is 1. The zero-order valence-corrected chi connectivity index (χ0v) is 16.3. The lowest BCUT2D eigenvalue weighted by Crippen LogP contribution is -2.47. The summed E-state index contributed by atoms with van der Waals surface area (Å²) in [5.41, 5.74) is 1.70. The maximum Gasteiger partial charge on any atom is 0.242 e. The highest BCUT2D eigenvalue weighted by atomic mass is 35.5. The highest BCUT2D eigenvalue weighted by Crippen LogP contribution is 2.13. The maximum absolute atomic E-state index is 13.1. The Kier molecular flexibility index (Phi) is 7.80. The van der Waals surface area contributed by atoms with Crippen LogP contribution in [0.1, 0.15) is 37.8 Å². The van der Waals surface area contributed by atoms with Crippen LogP contribution < -0.4 is 5.32 Å². The van der Waals surface area contributed by atoms with Crippen molar-refractivity contribution in [3.05, 3.63) is 70.5 Å². The Hall–Kier alpha value is -2.40. The molecule has 0 saturated carbocycles. The average molecular weight is 391 g/mol. The van der Waals surface area contributed by atoms with E-state index < -0.39 is 6.04 Å². The van der Waals surface area contributed by atoms with Crippen LogP contribution in [0, 0.1) is 5.82 Å². The number of carbonyl (C=O) groups is 2. The first kappa shape index (κ1) is 20.9. The number of rotatable bonds is 8. The van der Waals surface area contributed by atoms with E-state index in [1.807, 2.05) is 19.1 Å². The van der Waals surface area contributed by atoms with Crippen LogP contribution in [0.25, 0.3) is 0 Å². The number of nitrogens with one attached hydrogen (secondary N) is 1. The molecule has 1 atom stereocenters. The second kappa shape index (κ2) is 10.1.